The minimum Gasteiger partial charge on any atom is -0.296 e. The van der Waals surface area contributed by atoms with Crippen molar-refractivity contribution >= 4 is 34.0 Å². The zero-order chi connectivity index (χ0) is 20.6. The molecule has 2 aromatic rings. The quantitative estimate of drug-likeness (QED) is 0.467. The van der Waals surface area contributed by atoms with Crippen LogP contribution in [0.3, 0.4) is 0 Å². The van der Waals surface area contributed by atoms with E-state index in [1.807, 2.05) is 0 Å². The minimum atomic E-state index is -4.07. The van der Waals surface area contributed by atoms with E-state index in [4.69, 9.17) is 11.6 Å². The van der Waals surface area contributed by atoms with E-state index in [9.17, 15) is 17.2 Å². The fraction of sp³-hybridized carbons (Fsp3) is 0.429. The second-order valence-electron chi connectivity index (χ2n) is 7.63. The van der Waals surface area contributed by atoms with Crippen LogP contribution in [0, 0.1) is 11.6 Å². The SMILES string of the molecule is Cl.O=S(=O)(NCCCCN1CCc2cccc3c2C1CC3)c1cc(Cl)c(F)cc1F. The summed E-state index contributed by atoms with van der Waals surface area (Å²) in [7, 11) is -4.07. The van der Waals surface area contributed by atoms with Gasteiger partial charge >= 0.3 is 0 Å². The Bertz CT molecular complexity index is 1030. The molecule has 0 aromatic heterocycles. The number of rotatable bonds is 7. The summed E-state index contributed by atoms with van der Waals surface area (Å²) >= 11 is 5.59. The monoisotopic (exact) mass is 476 g/mol. The van der Waals surface area contributed by atoms with Crippen LogP contribution in [0.2, 0.25) is 5.02 Å². The van der Waals surface area contributed by atoms with Crippen molar-refractivity contribution in [2.75, 3.05) is 19.6 Å². The number of hydrogen-bond donors (Lipinski definition) is 1. The Kier molecular flexibility index (Phi) is 7.40. The largest absolute Gasteiger partial charge is 0.296 e. The molecule has 2 aliphatic rings. The number of unbranched alkanes of at least 4 members (excludes halogenated alkanes) is 1. The molecule has 4 rings (SSSR count). The maximum absolute atomic E-state index is 13.8. The summed E-state index contributed by atoms with van der Waals surface area (Å²) in [5.41, 5.74) is 4.43. The first-order valence-electron chi connectivity index (χ1n) is 9.86. The van der Waals surface area contributed by atoms with E-state index in [1.165, 1.54) is 16.7 Å². The molecule has 1 heterocycles. The smallest absolute Gasteiger partial charge is 0.243 e. The van der Waals surface area contributed by atoms with Crippen molar-refractivity contribution in [3.8, 4) is 0 Å². The van der Waals surface area contributed by atoms with E-state index in [2.05, 4.69) is 27.8 Å². The van der Waals surface area contributed by atoms with E-state index in [1.54, 1.807) is 0 Å². The third-order valence-electron chi connectivity index (χ3n) is 5.84. The molecule has 164 valence electrons. The van der Waals surface area contributed by atoms with Crippen LogP contribution < -0.4 is 4.72 Å². The van der Waals surface area contributed by atoms with Crippen LogP contribution in [0.25, 0.3) is 0 Å². The van der Waals surface area contributed by atoms with Gasteiger partial charge in [0, 0.05) is 25.2 Å². The van der Waals surface area contributed by atoms with E-state index in [0.717, 1.165) is 44.8 Å². The minimum absolute atomic E-state index is 0. The van der Waals surface area contributed by atoms with Crippen molar-refractivity contribution in [2.45, 2.75) is 43.0 Å². The Morgan fingerprint density at radius 2 is 1.83 bits per heavy atom. The van der Waals surface area contributed by atoms with Gasteiger partial charge in [-0.25, -0.2) is 21.9 Å². The highest BCUT2D eigenvalue weighted by molar-refractivity contribution is 7.89. The van der Waals surface area contributed by atoms with Gasteiger partial charge < -0.3 is 0 Å². The number of halogens is 4. The molecule has 1 unspecified atom stereocenters. The molecule has 0 fully saturated rings. The van der Waals surface area contributed by atoms with Gasteiger partial charge in [-0.05, 0) is 61.4 Å². The summed E-state index contributed by atoms with van der Waals surface area (Å²) in [6.07, 6.45) is 4.78. The number of nitrogens with one attached hydrogen (secondary N) is 1. The van der Waals surface area contributed by atoms with E-state index in [-0.39, 0.29) is 19.0 Å². The van der Waals surface area contributed by atoms with E-state index in [0.29, 0.717) is 18.5 Å². The standard InChI is InChI=1S/C21H23ClF2N2O2S.ClH/c22-16-12-20(18(24)13-17(16)23)29(27,28)25-9-1-2-10-26-11-8-15-5-3-4-14-6-7-19(26)21(14)15;/h3-5,12-13,19,25H,1-2,6-11H2;1H. The van der Waals surface area contributed by atoms with Crippen molar-refractivity contribution in [3.05, 3.63) is 63.7 Å². The number of benzene rings is 2. The molecule has 1 atom stereocenters. The average molecular weight is 477 g/mol. The fourth-order valence-corrected chi connectivity index (χ4v) is 5.84. The lowest BCUT2D eigenvalue weighted by atomic mass is 9.93. The maximum Gasteiger partial charge on any atom is 0.243 e. The summed E-state index contributed by atoms with van der Waals surface area (Å²) in [5.74, 6) is -2.13. The molecule has 30 heavy (non-hydrogen) atoms. The van der Waals surface area contributed by atoms with Crippen molar-refractivity contribution in [1.29, 1.82) is 0 Å². The highest BCUT2D eigenvalue weighted by Crippen LogP contribution is 2.41. The topological polar surface area (TPSA) is 49.4 Å². The van der Waals surface area contributed by atoms with Gasteiger partial charge in [-0.2, -0.15) is 0 Å². The van der Waals surface area contributed by atoms with Crippen LogP contribution in [0.5, 0.6) is 0 Å². The van der Waals surface area contributed by atoms with E-state index < -0.39 is 31.6 Å². The zero-order valence-electron chi connectivity index (χ0n) is 16.3. The Labute approximate surface area is 187 Å². The highest BCUT2D eigenvalue weighted by atomic mass is 35.5. The average Bonchev–Trinajstić information content (AvgIpc) is 3.12. The van der Waals surface area contributed by atoms with Gasteiger partial charge in [-0.3, -0.25) is 4.90 Å². The summed E-state index contributed by atoms with van der Waals surface area (Å²) in [6, 6.07) is 8.36. The van der Waals surface area contributed by atoms with Crippen LogP contribution >= 0.6 is 24.0 Å². The van der Waals surface area contributed by atoms with Gasteiger partial charge in [-0.1, -0.05) is 29.8 Å². The number of aryl methyl sites for hydroxylation is 1. The number of sulfonamides is 1. The first kappa shape index (κ1) is 23.4. The Balaban J connectivity index is 0.00000256. The highest BCUT2D eigenvalue weighted by Gasteiger charge is 2.32. The van der Waals surface area contributed by atoms with Crippen LogP contribution in [-0.4, -0.2) is 33.0 Å². The molecule has 0 saturated heterocycles. The normalized spacial score (nSPS) is 18.2. The zero-order valence-corrected chi connectivity index (χ0v) is 18.7. The van der Waals surface area contributed by atoms with Crippen LogP contribution in [-0.2, 0) is 22.9 Å². The molecule has 1 aliphatic carbocycles. The maximum atomic E-state index is 13.8. The predicted molar refractivity (Wildman–Crippen MR) is 116 cm³/mol. The summed E-state index contributed by atoms with van der Waals surface area (Å²) in [6.45, 7) is 2.11. The van der Waals surface area contributed by atoms with Crippen molar-refractivity contribution < 1.29 is 17.2 Å². The second kappa shape index (κ2) is 9.49. The molecule has 0 saturated carbocycles. The van der Waals surface area contributed by atoms with Gasteiger partial charge in [0.15, 0.2) is 0 Å². The molecule has 0 spiro atoms. The number of nitrogens with zero attached hydrogens (tertiary/aromatic N) is 1. The first-order valence-corrected chi connectivity index (χ1v) is 11.7. The number of hydrogen-bond acceptors (Lipinski definition) is 3. The summed E-state index contributed by atoms with van der Waals surface area (Å²) in [5, 5.41) is -0.423. The Hall–Kier alpha value is -1.25. The Morgan fingerprint density at radius 3 is 2.60 bits per heavy atom. The predicted octanol–water partition coefficient (Wildman–Crippen LogP) is 4.64. The molecule has 9 heteroatoms. The molecule has 1 N–H and O–H groups in total. The summed E-state index contributed by atoms with van der Waals surface area (Å²) < 4.78 is 54.0. The second-order valence-corrected chi connectivity index (χ2v) is 9.77. The third kappa shape index (κ3) is 4.65. The van der Waals surface area contributed by atoms with Gasteiger partial charge in [0.1, 0.15) is 16.5 Å². The summed E-state index contributed by atoms with van der Waals surface area (Å²) in [4.78, 5) is 1.86. The fourth-order valence-electron chi connectivity index (χ4n) is 4.45. The molecule has 0 bridgehead atoms. The van der Waals surface area contributed by atoms with Crippen molar-refractivity contribution in [2.24, 2.45) is 0 Å². The lowest BCUT2D eigenvalue weighted by Gasteiger charge is -2.35. The van der Waals surface area contributed by atoms with Gasteiger partial charge in [0.05, 0.1) is 5.02 Å². The van der Waals surface area contributed by atoms with Crippen molar-refractivity contribution in [3.63, 3.8) is 0 Å². The molecule has 2 aromatic carbocycles. The molecule has 0 amide bonds. The molecule has 0 radical (unpaired) electrons. The van der Waals surface area contributed by atoms with Gasteiger partial charge in [-0.15, -0.1) is 12.4 Å². The van der Waals surface area contributed by atoms with Crippen molar-refractivity contribution in [1.82, 2.24) is 9.62 Å². The lowest BCUT2D eigenvalue weighted by molar-refractivity contribution is 0.182. The molecular weight excluding hydrogens is 453 g/mol. The third-order valence-corrected chi connectivity index (χ3v) is 7.61. The molecule has 1 aliphatic heterocycles. The van der Waals surface area contributed by atoms with Gasteiger partial charge in [0.2, 0.25) is 10.0 Å². The molecule has 4 nitrogen and oxygen atoms in total. The van der Waals surface area contributed by atoms with Crippen LogP contribution in [0.1, 0.15) is 42.0 Å². The lowest BCUT2D eigenvalue weighted by Crippen LogP contribution is -2.35. The van der Waals surface area contributed by atoms with Gasteiger partial charge in [0.25, 0.3) is 0 Å². The van der Waals surface area contributed by atoms with E-state index >= 15 is 0 Å². The first-order chi connectivity index (χ1) is 13.9. The van der Waals surface area contributed by atoms with Crippen LogP contribution in [0.15, 0.2) is 35.2 Å². The van der Waals surface area contributed by atoms with Crippen LogP contribution in [0.4, 0.5) is 8.78 Å². The molecular formula is C21H24Cl2F2N2O2S. The Morgan fingerprint density at radius 1 is 1.10 bits per heavy atom.